The maximum absolute atomic E-state index is 9.24. The first-order valence-electron chi connectivity index (χ1n) is 2.73. The molecule has 0 aliphatic heterocycles. The lowest BCUT2D eigenvalue weighted by molar-refractivity contribution is 0.0873. The molecule has 0 fully saturated rings. The summed E-state index contributed by atoms with van der Waals surface area (Å²) < 4.78 is 0.0714. The van der Waals surface area contributed by atoms with Gasteiger partial charge in [-0.2, -0.15) is 0 Å². The third-order valence-corrected chi connectivity index (χ3v) is 1.86. The van der Waals surface area contributed by atoms with Crippen LogP contribution < -0.4 is 0 Å². The van der Waals surface area contributed by atoms with Crippen molar-refractivity contribution >= 4 is 34.8 Å². The van der Waals surface area contributed by atoms with Gasteiger partial charge < -0.3 is 5.11 Å². The maximum atomic E-state index is 9.24. The van der Waals surface area contributed by atoms with Gasteiger partial charge in [-0.3, -0.25) is 0 Å². The van der Waals surface area contributed by atoms with Gasteiger partial charge in [0.05, 0.1) is 11.0 Å². The topological polar surface area (TPSA) is 20.2 Å². The molecule has 0 aromatic heterocycles. The Hall–Kier alpha value is 0.570. The van der Waals surface area contributed by atoms with Crippen LogP contribution in [0.25, 0.3) is 0 Å². The third kappa shape index (κ3) is 4.40. The van der Waals surface area contributed by atoms with Crippen molar-refractivity contribution in [3.05, 3.63) is 10.6 Å². The summed E-state index contributed by atoms with van der Waals surface area (Å²) >= 11 is 16.3. The van der Waals surface area contributed by atoms with Crippen LogP contribution in [0.15, 0.2) is 10.6 Å². The molecule has 1 atom stereocenters. The van der Waals surface area contributed by atoms with Gasteiger partial charge in [0.2, 0.25) is 0 Å². The summed E-state index contributed by atoms with van der Waals surface area (Å²) in [5, 5.41) is 8.68. The van der Waals surface area contributed by atoms with E-state index in [0.717, 1.165) is 0 Å². The smallest absolute Gasteiger partial charge is 0.104 e. The van der Waals surface area contributed by atoms with Crippen LogP contribution in [0.2, 0.25) is 0 Å². The minimum Gasteiger partial charge on any atom is -0.389 e. The molecule has 1 N–H and O–H groups in total. The largest absolute Gasteiger partial charge is 0.389 e. The molecule has 0 saturated carbocycles. The molecular formula is C6H9Cl3O. The summed E-state index contributed by atoms with van der Waals surface area (Å²) in [6, 6.07) is 0. The van der Waals surface area contributed by atoms with E-state index in [4.69, 9.17) is 34.8 Å². The zero-order chi connectivity index (χ0) is 8.36. The average Bonchev–Trinajstić information content (AvgIpc) is 1.60. The van der Waals surface area contributed by atoms with E-state index in [1.807, 2.05) is 0 Å². The van der Waals surface area contributed by atoms with E-state index in [1.54, 1.807) is 13.8 Å². The van der Waals surface area contributed by atoms with Crippen molar-refractivity contribution in [3.63, 3.8) is 0 Å². The summed E-state index contributed by atoms with van der Waals surface area (Å²) in [5.41, 5.74) is -0.989. The summed E-state index contributed by atoms with van der Waals surface area (Å²) in [4.78, 5) is 0. The van der Waals surface area contributed by atoms with Crippen molar-refractivity contribution in [1.82, 2.24) is 0 Å². The predicted octanol–water partition coefficient (Wildman–Crippen LogP) is 2.68. The van der Waals surface area contributed by atoms with Gasteiger partial charge in [-0.1, -0.05) is 23.2 Å². The van der Waals surface area contributed by atoms with Crippen LogP contribution in [-0.2, 0) is 0 Å². The van der Waals surface area contributed by atoms with E-state index in [0.29, 0.717) is 0 Å². The van der Waals surface area contributed by atoms with E-state index >= 15 is 0 Å². The second-order valence-corrected chi connectivity index (χ2v) is 3.99. The highest BCUT2D eigenvalue weighted by molar-refractivity contribution is 6.56. The molecule has 0 aromatic rings. The van der Waals surface area contributed by atoms with Gasteiger partial charge in [0, 0.05) is 0 Å². The molecule has 60 valence electrons. The molecule has 0 aliphatic carbocycles. The van der Waals surface area contributed by atoms with Gasteiger partial charge in [-0.25, -0.2) is 0 Å². The van der Waals surface area contributed by atoms with Gasteiger partial charge >= 0.3 is 0 Å². The number of hydrogen-bond acceptors (Lipinski definition) is 1. The van der Waals surface area contributed by atoms with E-state index in [-0.39, 0.29) is 4.49 Å². The lowest BCUT2D eigenvalue weighted by atomic mass is 10.1. The van der Waals surface area contributed by atoms with Crippen LogP contribution in [0.3, 0.4) is 0 Å². The van der Waals surface area contributed by atoms with Gasteiger partial charge in [-0.05, 0) is 19.9 Å². The Morgan fingerprint density at radius 3 is 2.00 bits per heavy atom. The van der Waals surface area contributed by atoms with Crippen LogP contribution in [0.4, 0.5) is 0 Å². The molecule has 4 heteroatoms. The summed E-state index contributed by atoms with van der Waals surface area (Å²) in [7, 11) is 0. The van der Waals surface area contributed by atoms with Crippen molar-refractivity contribution < 1.29 is 5.11 Å². The monoisotopic (exact) mass is 202 g/mol. The lowest BCUT2D eigenvalue weighted by Crippen LogP contribution is -2.29. The number of rotatable bonds is 2. The molecule has 10 heavy (non-hydrogen) atoms. The van der Waals surface area contributed by atoms with Crippen molar-refractivity contribution in [2.24, 2.45) is 0 Å². The fourth-order valence-corrected chi connectivity index (χ4v) is 0.821. The van der Waals surface area contributed by atoms with E-state index < -0.39 is 11.0 Å². The van der Waals surface area contributed by atoms with Gasteiger partial charge in [0.15, 0.2) is 0 Å². The van der Waals surface area contributed by atoms with Crippen molar-refractivity contribution in [2.45, 2.75) is 24.8 Å². The van der Waals surface area contributed by atoms with Crippen LogP contribution in [0.1, 0.15) is 13.8 Å². The molecule has 0 aliphatic rings. The minimum absolute atomic E-state index is 0.0714. The highest BCUT2D eigenvalue weighted by atomic mass is 35.5. The van der Waals surface area contributed by atoms with E-state index in [2.05, 4.69) is 0 Å². The normalized spacial score (nSPS) is 14.6. The van der Waals surface area contributed by atoms with Gasteiger partial charge in [-0.15, -0.1) is 11.6 Å². The Labute approximate surface area is 75.6 Å². The first-order valence-corrected chi connectivity index (χ1v) is 3.92. The van der Waals surface area contributed by atoms with Crippen LogP contribution in [0, 0.1) is 0 Å². The maximum Gasteiger partial charge on any atom is 0.104 e. The standard InChI is InChI=1S/C6H9Cl3O/c1-6(2,10)4(7)3-5(8)9/h3-4,10H,1-2H3. The fraction of sp³-hybridized carbons (Fsp3) is 0.667. The van der Waals surface area contributed by atoms with Crippen LogP contribution in [0.5, 0.6) is 0 Å². The summed E-state index contributed by atoms with van der Waals surface area (Å²) in [6.07, 6.45) is 1.38. The minimum atomic E-state index is -0.989. The Kier molecular flexibility index (Phi) is 4.03. The molecule has 0 heterocycles. The number of alkyl halides is 1. The Balaban J connectivity index is 4.11. The molecule has 1 nitrogen and oxygen atoms in total. The second kappa shape index (κ2) is 3.82. The van der Waals surface area contributed by atoms with Crippen molar-refractivity contribution in [1.29, 1.82) is 0 Å². The van der Waals surface area contributed by atoms with Gasteiger partial charge in [0.1, 0.15) is 4.49 Å². The van der Waals surface area contributed by atoms with E-state index in [9.17, 15) is 5.11 Å². The average molecular weight is 203 g/mol. The van der Waals surface area contributed by atoms with Crippen molar-refractivity contribution in [3.8, 4) is 0 Å². The Morgan fingerprint density at radius 1 is 1.50 bits per heavy atom. The molecule has 0 bridgehead atoms. The van der Waals surface area contributed by atoms with Crippen molar-refractivity contribution in [2.75, 3.05) is 0 Å². The SMILES string of the molecule is CC(C)(O)C(Cl)C=C(Cl)Cl. The first kappa shape index (κ1) is 10.6. The molecular weight excluding hydrogens is 194 g/mol. The number of aliphatic hydroxyl groups is 1. The molecule has 0 rings (SSSR count). The highest BCUT2D eigenvalue weighted by Crippen LogP contribution is 2.20. The van der Waals surface area contributed by atoms with Gasteiger partial charge in [0.25, 0.3) is 0 Å². The predicted molar refractivity (Wildman–Crippen MR) is 45.7 cm³/mol. The Bertz CT molecular complexity index is 132. The number of halogens is 3. The van der Waals surface area contributed by atoms with Crippen LogP contribution in [-0.4, -0.2) is 16.1 Å². The molecule has 0 radical (unpaired) electrons. The second-order valence-electron chi connectivity index (χ2n) is 2.51. The molecule has 0 amide bonds. The zero-order valence-electron chi connectivity index (χ0n) is 5.74. The lowest BCUT2D eigenvalue weighted by Gasteiger charge is -2.20. The third-order valence-electron chi connectivity index (χ3n) is 0.947. The first-order chi connectivity index (χ1) is 4.34. The molecule has 0 spiro atoms. The molecule has 1 unspecified atom stereocenters. The molecule has 0 aromatic carbocycles. The fourth-order valence-electron chi connectivity index (χ4n) is 0.315. The number of hydrogen-bond donors (Lipinski definition) is 1. The van der Waals surface area contributed by atoms with Crippen LogP contribution >= 0.6 is 34.8 Å². The Morgan fingerprint density at radius 2 is 1.90 bits per heavy atom. The summed E-state index contributed by atoms with van der Waals surface area (Å²) in [5.74, 6) is 0. The van der Waals surface area contributed by atoms with E-state index in [1.165, 1.54) is 6.08 Å². The quantitative estimate of drug-likeness (QED) is 0.684. The highest BCUT2D eigenvalue weighted by Gasteiger charge is 2.22. The zero-order valence-corrected chi connectivity index (χ0v) is 8.00. The summed E-state index contributed by atoms with van der Waals surface area (Å²) in [6.45, 7) is 3.16. The molecule has 0 saturated heterocycles.